The highest BCUT2D eigenvalue weighted by Crippen LogP contribution is 2.30. The molecule has 1 aromatic carbocycles. The lowest BCUT2D eigenvalue weighted by molar-refractivity contribution is 0.378. The van der Waals surface area contributed by atoms with Crippen molar-refractivity contribution in [3.05, 3.63) is 35.2 Å². The van der Waals surface area contributed by atoms with E-state index in [2.05, 4.69) is 15.5 Å². The summed E-state index contributed by atoms with van der Waals surface area (Å²) in [7, 11) is 0. The molecule has 0 atom stereocenters. The van der Waals surface area contributed by atoms with Gasteiger partial charge in [-0.1, -0.05) is 23.7 Å². The van der Waals surface area contributed by atoms with Gasteiger partial charge in [0, 0.05) is 5.92 Å². The highest BCUT2D eigenvalue weighted by atomic mass is 35.5. The van der Waals surface area contributed by atoms with Gasteiger partial charge in [0.2, 0.25) is 11.8 Å². The van der Waals surface area contributed by atoms with Crippen molar-refractivity contribution in [1.29, 1.82) is 0 Å². The second-order valence-electron chi connectivity index (χ2n) is 4.45. The van der Waals surface area contributed by atoms with Crippen LogP contribution in [-0.2, 0) is 0 Å². The van der Waals surface area contributed by atoms with E-state index in [1.54, 1.807) is 0 Å². The Hall–Kier alpha value is -1.39. The molecule has 0 bridgehead atoms. The molecular weight excluding hydrogens is 250 g/mol. The molecular formula is C13H14ClN3O. The van der Waals surface area contributed by atoms with Crippen molar-refractivity contribution in [2.45, 2.75) is 18.8 Å². The summed E-state index contributed by atoms with van der Waals surface area (Å²) in [6, 6.07) is 7.51. The molecule has 0 radical (unpaired) electrons. The molecule has 0 spiro atoms. The average molecular weight is 264 g/mol. The van der Waals surface area contributed by atoms with Gasteiger partial charge in [0.25, 0.3) is 0 Å². The molecule has 3 rings (SSSR count). The maximum atomic E-state index is 6.12. The molecule has 1 aliphatic heterocycles. The number of halogens is 1. The maximum absolute atomic E-state index is 6.12. The third-order valence-electron chi connectivity index (χ3n) is 3.23. The number of benzene rings is 1. The second-order valence-corrected chi connectivity index (χ2v) is 4.86. The van der Waals surface area contributed by atoms with Crippen molar-refractivity contribution in [3.8, 4) is 11.5 Å². The Morgan fingerprint density at radius 3 is 2.72 bits per heavy atom. The summed E-state index contributed by atoms with van der Waals surface area (Å²) in [5.74, 6) is 1.61. The van der Waals surface area contributed by atoms with Crippen molar-refractivity contribution in [1.82, 2.24) is 15.5 Å². The van der Waals surface area contributed by atoms with Gasteiger partial charge in [-0.05, 0) is 38.1 Å². The zero-order chi connectivity index (χ0) is 12.4. The number of hydrogen-bond acceptors (Lipinski definition) is 4. The van der Waals surface area contributed by atoms with E-state index < -0.39 is 0 Å². The number of nitrogens with zero attached hydrogens (tertiary/aromatic N) is 2. The minimum absolute atomic E-state index is 0.370. The lowest BCUT2D eigenvalue weighted by atomic mass is 9.98. The van der Waals surface area contributed by atoms with Gasteiger partial charge in [-0.15, -0.1) is 10.2 Å². The average Bonchev–Trinajstić information content (AvgIpc) is 2.90. The Morgan fingerprint density at radius 1 is 1.17 bits per heavy atom. The van der Waals surface area contributed by atoms with Gasteiger partial charge >= 0.3 is 0 Å². The van der Waals surface area contributed by atoms with E-state index in [-0.39, 0.29) is 0 Å². The molecule has 0 aliphatic carbocycles. The predicted octanol–water partition coefficient (Wildman–Crippen LogP) is 2.86. The van der Waals surface area contributed by atoms with Gasteiger partial charge in [0.05, 0.1) is 10.6 Å². The summed E-state index contributed by atoms with van der Waals surface area (Å²) in [4.78, 5) is 0. The summed E-state index contributed by atoms with van der Waals surface area (Å²) in [5, 5.41) is 12.2. The van der Waals surface area contributed by atoms with E-state index in [1.165, 1.54) is 0 Å². The van der Waals surface area contributed by atoms with Crippen molar-refractivity contribution in [3.63, 3.8) is 0 Å². The van der Waals surface area contributed by atoms with Crippen molar-refractivity contribution >= 4 is 11.6 Å². The zero-order valence-corrected chi connectivity index (χ0v) is 10.7. The standard InChI is InChI=1S/C13H14ClN3O/c14-11-4-2-1-3-10(11)13-17-16-12(18-13)9-5-7-15-8-6-9/h1-4,9,15H,5-8H2. The smallest absolute Gasteiger partial charge is 0.249 e. The van der Waals surface area contributed by atoms with Crippen LogP contribution in [0.4, 0.5) is 0 Å². The first-order valence-corrected chi connectivity index (χ1v) is 6.51. The number of piperidine rings is 1. The van der Waals surface area contributed by atoms with Gasteiger partial charge in [-0.25, -0.2) is 0 Å². The zero-order valence-electron chi connectivity index (χ0n) is 9.90. The molecule has 1 saturated heterocycles. The van der Waals surface area contributed by atoms with Crippen molar-refractivity contribution in [2.24, 2.45) is 0 Å². The van der Waals surface area contributed by atoms with Gasteiger partial charge < -0.3 is 9.73 Å². The Bertz CT molecular complexity index is 535. The third-order valence-corrected chi connectivity index (χ3v) is 3.56. The number of rotatable bonds is 2. The first-order chi connectivity index (χ1) is 8.84. The Balaban J connectivity index is 1.87. The van der Waals surface area contributed by atoms with Crippen LogP contribution in [0.3, 0.4) is 0 Å². The Kier molecular flexibility index (Phi) is 3.30. The summed E-state index contributed by atoms with van der Waals surface area (Å²) < 4.78 is 5.76. The summed E-state index contributed by atoms with van der Waals surface area (Å²) in [6.07, 6.45) is 2.09. The molecule has 2 aromatic rings. The van der Waals surface area contributed by atoms with Crippen LogP contribution in [0.2, 0.25) is 5.02 Å². The quantitative estimate of drug-likeness (QED) is 0.905. The highest BCUT2D eigenvalue weighted by Gasteiger charge is 2.21. The number of nitrogens with one attached hydrogen (secondary N) is 1. The van der Waals surface area contributed by atoms with Gasteiger partial charge in [-0.2, -0.15) is 0 Å². The normalized spacial score (nSPS) is 16.9. The SMILES string of the molecule is Clc1ccccc1-c1nnc(C2CCNCC2)o1. The van der Waals surface area contributed by atoms with E-state index in [0.717, 1.165) is 37.4 Å². The number of aromatic nitrogens is 2. The first kappa shape index (κ1) is 11.7. The topological polar surface area (TPSA) is 51.0 Å². The van der Waals surface area contributed by atoms with Crippen molar-refractivity contribution in [2.75, 3.05) is 13.1 Å². The van der Waals surface area contributed by atoms with E-state index in [0.29, 0.717) is 16.8 Å². The largest absolute Gasteiger partial charge is 0.420 e. The molecule has 18 heavy (non-hydrogen) atoms. The fraction of sp³-hybridized carbons (Fsp3) is 0.385. The van der Waals surface area contributed by atoms with E-state index in [4.69, 9.17) is 16.0 Å². The fourth-order valence-corrected chi connectivity index (χ4v) is 2.43. The predicted molar refractivity (Wildman–Crippen MR) is 69.6 cm³/mol. The van der Waals surface area contributed by atoms with Gasteiger partial charge in [0.1, 0.15) is 0 Å². The lowest BCUT2D eigenvalue weighted by Gasteiger charge is -2.18. The fourth-order valence-electron chi connectivity index (χ4n) is 2.21. The molecule has 1 aliphatic rings. The van der Waals surface area contributed by atoms with Crippen molar-refractivity contribution < 1.29 is 4.42 Å². The third kappa shape index (κ3) is 2.26. The Morgan fingerprint density at radius 2 is 1.94 bits per heavy atom. The monoisotopic (exact) mass is 263 g/mol. The molecule has 1 aromatic heterocycles. The van der Waals surface area contributed by atoms with Crippen LogP contribution in [0.5, 0.6) is 0 Å². The maximum Gasteiger partial charge on any atom is 0.249 e. The van der Waals surface area contributed by atoms with Crippen LogP contribution in [0.25, 0.3) is 11.5 Å². The minimum Gasteiger partial charge on any atom is -0.420 e. The van der Waals surface area contributed by atoms with E-state index in [1.807, 2.05) is 24.3 Å². The van der Waals surface area contributed by atoms with Crippen LogP contribution in [0, 0.1) is 0 Å². The van der Waals surface area contributed by atoms with Gasteiger partial charge in [-0.3, -0.25) is 0 Å². The minimum atomic E-state index is 0.370. The van der Waals surface area contributed by atoms with Crippen LogP contribution >= 0.6 is 11.6 Å². The van der Waals surface area contributed by atoms with Crippen LogP contribution in [0.1, 0.15) is 24.7 Å². The van der Waals surface area contributed by atoms with Crippen LogP contribution < -0.4 is 5.32 Å². The molecule has 0 saturated carbocycles. The second kappa shape index (κ2) is 5.08. The molecule has 1 N–H and O–H groups in total. The molecule has 0 amide bonds. The highest BCUT2D eigenvalue weighted by molar-refractivity contribution is 6.33. The van der Waals surface area contributed by atoms with E-state index in [9.17, 15) is 0 Å². The number of hydrogen-bond donors (Lipinski definition) is 1. The molecule has 5 heteroatoms. The molecule has 0 unspecified atom stereocenters. The Labute approximate surface area is 110 Å². The lowest BCUT2D eigenvalue weighted by Crippen LogP contribution is -2.26. The van der Waals surface area contributed by atoms with E-state index >= 15 is 0 Å². The van der Waals surface area contributed by atoms with Crippen LogP contribution in [-0.4, -0.2) is 23.3 Å². The molecule has 94 valence electrons. The first-order valence-electron chi connectivity index (χ1n) is 6.13. The van der Waals surface area contributed by atoms with Gasteiger partial charge in [0.15, 0.2) is 0 Å². The molecule has 4 nitrogen and oxygen atoms in total. The van der Waals surface area contributed by atoms with Crippen LogP contribution in [0.15, 0.2) is 28.7 Å². The summed E-state index contributed by atoms with van der Waals surface area (Å²) in [6.45, 7) is 2.02. The summed E-state index contributed by atoms with van der Waals surface area (Å²) >= 11 is 6.12. The molecule has 2 heterocycles. The summed E-state index contributed by atoms with van der Waals surface area (Å²) in [5.41, 5.74) is 0.798. The molecule has 1 fully saturated rings.